The SMILES string of the molecule is O=C(NC1CCC(CCO)CC1)n1cnc2ccc(N3CCC[C@@H]3c3cc(F)ccc3F)nc21. The minimum absolute atomic E-state index is 0.0852. The lowest BCUT2D eigenvalue weighted by molar-refractivity contribution is 0.207. The van der Waals surface area contributed by atoms with E-state index in [0.29, 0.717) is 41.4 Å². The van der Waals surface area contributed by atoms with Gasteiger partial charge < -0.3 is 15.3 Å². The number of rotatable bonds is 5. The molecule has 0 radical (unpaired) electrons. The number of aliphatic hydroxyl groups excluding tert-OH is 1. The Balaban J connectivity index is 1.36. The first-order valence-corrected chi connectivity index (χ1v) is 12.0. The van der Waals surface area contributed by atoms with E-state index in [1.165, 1.54) is 17.0 Å². The number of anilines is 1. The van der Waals surface area contributed by atoms with E-state index in [9.17, 15) is 13.6 Å². The van der Waals surface area contributed by atoms with Crippen molar-refractivity contribution in [2.24, 2.45) is 5.92 Å². The van der Waals surface area contributed by atoms with Gasteiger partial charge in [-0.1, -0.05) is 0 Å². The van der Waals surface area contributed by atoms with Crippen LogP contribution in [0.25, 0.3) is 11.2 Å². The zero-order chi connectivity index (χ0) is 23.7. The molecule has 2 aliphatic rings. The van der Waals surface area contributed by atoms with Crippen LogP contribution in [0.3, 0.4) is 0 Å². The van der Waals surface area contributed by atoms with Gasteiger partial charge in [-0.25, -0.2) is 28.1 Å². The Morgan fingerprint density at radius 3 is 2.74 bits per heavy atom. The summed E-state index contributed by atoms with van der Waals surface area (Å²) in [7, 11) is 0. The Morgan fingerprint density at radius 1 is 1.12 bits per heavy atom. The number of amides is 1. The molecule has 0 spiro atoms. The summed E-state index contributed by atoms with van der Waals surface area (Å²) in [6, 6.07) is 6.65. The third kappa shape index (κ3) is 4.49. The third-order valence-corrected chi connectivity index (χ3v) is 7.17. The lowest BCUT2D eigenvalue weighted by atomic mass is 9.84. The van der Waals surface area contributed by atoms with Crippen molar-refractivity contribution in [1.82, 2.24) is 19.9 Å². The van der Waals surface area contributed by atoms with Gasteiger partial charge in [0.2, 0.25) is 0 Å². The highest BCUT2D eigenvalue weighted by Gasteiger charge is 2.30. The van der Waals surface area contributed by atoms with Crippen LogP contribution in [0.15, 0.2) is 36.7 Å². The Labute approximate surface area is 196 Å². The van der Waals surface area contributed by atoms with Crippen molar-refractivity contribution in [3.05, 3.63) is 53.9 Å². The van der Waals surface area contributed by atoms with Crippen LogP contribution in [0.4, 0.5) is 19.4 Å². The van der Waals surface area contributed by atoms with Gasteiger partial charge in [0.05, 0.1) is 6.04 Å². The number of carbonyl (C=O) groups excluding carboxylic acids is 1. The van der Waals surface area contributed by atoms with Gasteiger partial charge in [-0.15, -0.1) is 0 Å². The summed E-state index contributed by atoms with van der Waals surface area (Å²) in [6.45, 7) is 0.872. The van der Waals surface area contributed by atoms with Crippen molar-refractivity contribution in [3.63, 3.8) is 0 Å². The number of carbonyl (C=O) groups is 1. The van der Waals surface area contributed by atoms with Gasteiger partial charge in [0.25, 0.3) is 0 Å². The lowest BCUT2D eigenvalue weighted by Crippen LogP contribution is -2.40. The molecule has 1 saturated carbocycles. The smallest absolute Gasteiger partial charge is 0.328 e. The predicted octanol–water partition coefficient (Wildman–Crippen LogP) is 4.55. The van der Waals surface area contributed by atoms with Gasteiger partial charge in [-0.2, -0.15) is 0 Å². The van der Waals surface area contributed by atoms with Crippen molar-refractivity contribution in [2.45, 2.75) is 57.0 Å². The van der Waals surface area contributed by atoms with Gasteiger partial charge >= 0.3 is 6.03 Å². The monoisotopic (exact) mass is 469 g/mol. The normalized spacial score (nSPS) is 22.9. The lowest BCUT2D eigenvalue weighted by Gasteiger charge is -2.28. The number of fused-ring (bicyclic) bond motifs is 1. The molecule has 1 aromatic carbocycles. The fourth-order valence-corrected chi connectivity index (χ4v) is 5.35. The number of aliphatic hydroxyl groups is 1. The molecule has 1 aliphatic heterocycles. The number of benzene rings is 1. The zero-order valence-electron chi connectivity index (χ0n) is 19.0. The van der Waals surface area contributed by atoms with Crippen molar-refractivity contribution >= 4 is 23.0 Å². The minimum atomic E-state index is -0.466. The molecule has 5 rings (SSSR count). The van der Waals surface area contributed by atoms with E-state index < -0.39 is 11.6 Å². The number of hydrogen-bond acceptors (Lipinski definition) is 5. The quantitative estimate of drug-likeness (QED) is 0.573. The summed E-state index contributed by atoms with van der Waals surface area (Å²) in [5, 5.41) is 12.2. The van der Waals surface area contributed by atoms with Crippen LogP contribution in [0.1, 0.15) is 56.6 Å². The standard InChI is InChI=1S/C25H29F2N5O2/c26-17-5-8-20(27)19(14-17)22-2-1-12-31(22)23-10-9-21-24(30-23)32(15-28-21)25(34)29-18-6-3-16(4-7-18)11-13-33/h5,8-10,14-16,18,22,33H,1-4,6-7,11-13H2,(H,29,34)/t16?,18?,22-/m1/s1. The molecule has 3 aromatic rings. The molecule has 2 N–H and O–H groups in total. The number of nitrogens with zero attached hydrogens (tertiary/aromatic N) is 4. The fraction of sp³-hybridized carbons (Fsp3) is 0.480. The molecule has 2 fully saturated rings. The second-order valence-electron chi connectivity index (χ2n) is 9.32. The highest BCUT2D eigenvalue weighted by molar-refractivity contribution is 5.87. The second kappa shape index (κ2) is 9.66. The summed E-state index contributed by atoms with van der Waals surface area (Å²) in [6.07, 6.45) is 7.57. The first kappa shape index (κ1) is 22.7. The maximum atomic E-state index is 14.5. The van der Waals surface area contributed by atoms with Crippen molar-refractivity contribution in [1.29, 1.82) is 0 Å². The number of pyridine rings is 1. The summed E-state index contributed by atoms with van der Waals surface area (Å²) < 4.78 is 29.7. The highest BCUT2D eigenvalue weighted by Crippen LogP contribution is 2.37. The number of aromatic nitrogens is 3. The fourth-order valence-electron chi connectivity index (χ4n) is 5.35. The van der Waals surface area contributed by atoms with Gasteiger partial charge in [0.15, 0.2) is 5.65 Å². The molecule has 1 atom stereocenters. The molecule has 1 aliphatic carbocycles. The van der Waals surface area contributed by atoms with Crippen LogP contribution in [0.5, 0.6) is 0 Å². The number of hydrogen-bond donors (Lipinski definition) is 2. The van der Waals surface area contributed by atoms with Crippen LogP contribution >= 0.6 is 0 Å². The van der Waals surface area contributed by atoms with E-state index in [1.807, 2.05) is 11.0 Å². The largest absolute Gasteiger partial charge is 0.396 e. The summed E-state index contributed by atoms with van der Waals surface area (Å²) in [4.78, 5) is 24.0. The van der Waals surface area contributed by atoms with Crippen LogP contribution in [-0.2, 0) is 0 Å². The summed E-state index contributed by atoms with van der Waals surface area (Å²) in [5.41, 5.74) is 1.36. The second-order valence-corrected chi connectivity index (χ2v) is 9.32. The molecule has 0 bridgehead atoms. The highest BCUT2D eigenvalue weighted by atomic mass is 19.1. The summed E-state index contributed by atoms with van der Waals surface area (Å²) >= 11 is 0. The van der Waals surface area contributed by atoms with E-state index in [1.54, 1.807) is 6.07 Å². The Morgan fingerprint density at radius 2 is 1.94 bits per heavy atom. The first-order chi connectivity index (χ1) is 16.5. The number of halogens is 2. The van der Waals surface area contributed by atoms with Gasteiger partial charge in [-0.05, 0) is 81.2 Å². The van der Waals surface area contributed by atoms with Gasteiger partial charge in [0.1, 0.15) is 29.3 Å². The average Bonchev–Trinajstić information content (AvgIpc) is 3.49. The summed E-state index contributed by atoms with van der Waals surface area (Å²) in [5.74, 6) is 0.231. The van der Waals surface area contributed by atoms with Crippen molar-refractivity contribution in [2.75, 3.05) is 18.1 Å². The predicted molar refractivity (Wildman–Crippen MR) is 125 cm³/mol. The average molecular weight is 470 g/mol. The van der Waals surface area contributed by atoms with Gasteiger partial charge in [0, 0.05) is 24.8 Å². The van der Waals surface area contributed by atoms with Crippen LogP contribution < -0.4 is 10.2 Å². The Hall–Kier alpha value is -3.07. The maximum absolute atomic E-state index is 14.5. The molecule has 34 heavy (non-hydrogen) atoms. The number of imidazole rings is 1. The first-order valence-electron chi connectivity index (χ1n) is 12.0. The molecule has 1 amide bonds. The zero-order valence-corrected chi connectivity index (χ0v) is 19.0. The van der Waals surface area contributed by atoms with Crippen molar-refractivity contribution < 1.29 is 18.7 Å². The molecule has 3 heterocycles. The molecule has 7 nitrogen and oxygen atoms in total. The van der Waals surface area contributed by atoms with E-state index in [2.05, 4.69) is 10.3 Å². The number of nitrogens with one attached hydrogen (secondary N) is 1. The van der Waals surface area contributed by atoms with Crippen molar-refractivity contribution in [3.8, 4) is 0 Å². The van der Waals surface area contributed by atoms with Crippen LogP contribution in [0, 0.1) is 17.6 Å². The minimum Gasteiger partial charge on any atom is -0.396 e. The molecular weight excluding hydrogens is 440 g/mol. The molecule has 0 unspecified atom stereocenters. The molecule has 2 aromatic heterocycles. The van der Waals surface area contributed by atoms with Crippen LogP contribution in [0.2, 0.25) is 0 Å². The van der Waals surface area contributed by atoms with E-state index in [0.717, 1.165) is 50.7 Å². The topological polar surface area (TPSA) is 83.3 Å². The van der Waals surface area contributed by atoms with Crippen LogP contribution in [-0.4, -0.2) is 44.9 Å². The van der Waals surface area contributed by atoms with E-state index >= 15 is 0 Å². The van der Waals surface area contributed by atoms with E-state index in [-0.39, 0.29) is 24.7 Å². The molecule has 180 valence electrons. The van der Waals surface area contributed by atoms with E-state index in [4.69, 9.17) is 10.1 Å². The Kier molecular flexibility index (Phi) is 6.45. The van der Waals surface area contributed by atoms with Gasteiger partial charge in [-0.3, -0.25) is 0 Å². The third-order valence-electron chi connectivity index (χ3n) is 7.17. The molecular formula is C25H29F2N5O2. The Bertz CT molecular complexity index is 1180. The molecule has 9 heteroatoms. The molecule has 1 saturated heterocycles. The maximum Gasteiger partial charge on any atom is 0.328 e.